The van der Waals surface area contributed by atoms with Gasteiger partial charge in [0, 0.05) is 25.1 Å². The molecule has 60 heavy (non-hydrogen) atoms. The molecule has 1 saturated heterocycles. The van der Waals surface area contributed by atoms with Crippen molar-refractivity contribution in [3.63, 3.8) is 0 Å². The number of rotatable bonds is 18. The Kier molecular flexibility index (Phi) is 14.0. The van der Waals surface area contributed by atoms with Gasteiger partial charge in [-0.2, -0.15) is 0 Å². The van der Waals surface area contributed by atoms with Crippen molar-refractivity contribution in [2.24, 2.45) is 11.7 Å². The van der Waals surface area contributed by atoms with Crippen molar-refractivity contribution in [1.82, 2.24) is 41.2 Å². The maximum atomic E-state index is 14.9. The highest BCUT2D eigenvalue weighted by atomic mass is 32.2. The second-order valence-corrected chi connectivity index (χ2v) is 18.0. The normalized spacial score (nSPS) is 20.4. The SMILES string of the molecule is CC(C)(O)c1cnnn1[C@H]1C[C@@H](C(=O)NC(CCCCNC(=O)NC2(S(=O)[O-])CC2)C(=O)C(N)=O)N(C(=O)[C@@H](CC2CCCCC2)NC(=O)c2ccc3ccccc3c2)C1. The average molecular weight is 849 g/mol. The molecule has 1 aromatic heterocycles. The summed E-state index contributed by atoms with van der Waals surface area (Å²) in [5.74, 6) is -3.84. The molecule has 3 fully saturated rings. The van der Waals surface area contributed by atoms with Crippen LogP contribution in [0.1, 0.15) is 113 Å². The Hall–Kier alpha value is -5.27. The van der Waals surface area contributed by atoms with Gasteiger partial charge < -0.3 is 41.6 Å². The lowest BCUT2D eigenvalue weighted by atomic mass is 9.84. The zero-order valence-electron chi connectivity index (χ0n) is 33.9. The van der Waals surface area contributed by atoms with E-state index in [0.29, 0.717) is 36.9 Å². The molecule has 3 aliphatic rings. The summed E-state index contributed by atoms with van der Waals surface area (Å²) in [5, 5.41) is 31.6. The molecule has 3 aromatic rings. The molecular weight excluding hydrogens is 795 g/mol. The first-order valence-electron chi connectivity index (χ1n) is 20.6. The Morgan fingerprint density at radius 2 is 1.72 bits per heavy atom. The zero-order chi connectivity index (χ0) is 43.2. The Morgan fingerprint density at radius 1 is 1.00 bits per heavy atom. The van der Waals surface area contributed by atoms with Crippen molar-refractivity contribution in [3.05, 3.63) is 59.9 Å². The van der Waals surface area contributed by atoms with Crippen molar-refractivity contribution in [3.8, 4) is 0 Å². The van der Waals surface area contributed by atoms with Gasteiger partial charge in [0.05, 0.1) is 24.0 Å². The number of nitrogens with one attached hydrogen (secondary N) is 4. The molecule has 6 amide bonds. The number of amides is 6. The van der Waals surface area contributed by atoms with E-state index < -0.39 is 81.2 Å². The van der Waals surface area contributed by atoms with Gasteiger partial charge in [-0.3, -0.25) is 28.2 Å². The van der Waals surface area contributed by atoms with Gasteiger partial charge in [0.15, 0.2) is 0 Å². The number of unbranched alkanes of at least 4 members (excludes halogenated alkanes) is 1. The van der Waals surface area contributed by atoms with Crippen LogP contribution in [-0.2, 0) is 35.9 Å². The standard InChI is InChI=1S/C41H55N9O9S/c1-40(2,57)33-23-44-48-50(33)29-22-32(37(54)45-30(34(51)35(42)52)14-8-9-19-43-39(56)47-41(17-18-41)60(58)59)49(24-29)38(55)31(20-25-10-4-3-5-11-25)46-36(53)28-16-15-26-12-6-7-13-27(26)21-28/h6-7,12-13,15-16,21,23,25,29-32,57H,3-5,8-11,14,17-20,22,24H2,1-2H3,(H2,42,52)(H,45,54)(H,46,53)(H,58,59)(H2,43,47,56)/p-1/t29-,30?,31+,32-/m0/s1. The zero-order valence-corrected chi connectivity index (χ0v) is 34.7. The summed E-state index contributed by atoms with van der Waals surface area (Å²) < 4.78 is 24.3. The number of ketones is 1. The fourth-order valence-corrected chi connectivity index (χ4v) is 8.88. The number of nitrogens with two attached hydrogens (primary N) is 1. The van der Waals surface area contributed by atoms with Crippen molar-refractivity contribution < 1.29 is 42.6 Å². The van der Waals surface area contributed by atoms with Crippen molar-refractivity contribution >= 4 is 57.3 Å². The minimum atomic E-state index is -2.47. The first-order chi connectivity index (χ1) is 28.6. The fourth-order valence-electron chi connectivity index (χ4n) is 8.27. The molecule has 18 nitrogen and oxygen atoms in total. The van der Waals surface area contributed by atoms with Gasteiger partial charge in [0.2, 0.25) is 17.6 Å². The fraction of sp³-hybridized carbons (Fsp3) is 0.561. The van der Waals surface area contributed by atoms with Crippen LogP contribution < -0.4 is 27.0 Å². The number of aliphatic hydroxyl groups is 1. The summed E-state index contributed by atoms with van der Waals surface area (Å²) in [6, 6.07) is 8.05. The third-order valence-corrected chi connectivity index (χ3v) is 12.9. The molecule has 2 unspecified atom stereocenters. The number of nitrogens with zero attached hydrogens (tertiary/aromatic N) is 4. The third-order valence-electron chi connectivity index (χ3n) is 11.8. The number of Topliss-reactive ketones (excluding diaryl/α,β-unsaturated/α-hetero) is 1. The average Bonchev–Trinajstić information content (AvgIpc) is 3.60. The summed E-state index contributed by atoms with van der Waals surface area (Å²) in [4.78, 5) is 80.7. The Balaban J connectivity index is 1.21. The van der Waals surface area contributed by atoms with Gasteiger partial charge in [-0.25, -0.2) is 9.48 Å². The molecular formula is C41H54N9O9S-. The topological polar surface area (TPSA) is 271 Å². The van der Waals surface area contributed by atoms with Gasteiger partial charge in [-0.05, 0) is 92.3 Å². The summed E-state index contributed by atoms with van der Waals surface area (Å²) in [7, 11) is 0. The molecule has 0 bridgehead atoms. The van der Waals surface area contributed by atoms with Crippen LogP contribution in [0.4, 0.5) is 4.79 Å². The highest BCUT2D eigenvalue weighted by Gasteiger charge is 2.47. The minimum absolute atomic E-state index is 0.00490. The number of hydrogen-bond acceptors (Lipinski definition) is 11. The van der Waals surface area contributed by atoms with Crippen molar-refractivity contribution in [2.45, 2.75) is 126 Å². The highest BCUT2D eigenvalue weighted by molar-refractivity contribution is 7.81. The predicted molar refractivity (Wildman–Crippen MR) is 218 cm³/mol. The van der Waals surface area contributed by atoms with Crippen LogP contribution in [0, 0.1) is 5.92 Å². The molecule has 2 heterocycles. The first-order valence-corrected chi connectivity index (χ1v) is 21.7. The molecule has 19 heteroatoms. The smallest absolute Gasteiger partial charge is 0.315 e. The van der Waals surface area contributed by atoms with E-state index in [-0.39, 0.29) is 38.3 Å². The number of primary amides is 1. The van der Waals surface area contributed by atoms with Crippen LogP contribution in [-0.4, -0.2) is 105 Å². The molecule has 0 radical (unpaired) electrons. The highest BCUT2D eigenvalue weighted by Crippen LogP contribution is 2.38. The van der Waals surface area contributed by atoms with E-state index in [0.717, 1.165) is 42.9 Å². The molecule has 0 spiro atoms. The van der Waals surface area contributed by atoms with E-state index in [1.165, 1.54) is 15.8 Å². The summed E-state index contributed by atoms with van der Waals surface area (Å²) in [6.07, 6.45) is 7.75. The van der Waals surface area contributed by atoms with E-state index in [9.17, 15) is 42.6 Å². The first kappa shape index (κ1) is 44.3. The van der Waals surface area contributed by atoms with Crippen molar-refractivity contribution in [1.29, 1.82) is 0 Å². The van der Waals surface area contributed by atoms with Crippen LogP contribution in [0.15, 0.2) is 48.7 Å². The van der Waals surface area contributed by atoms with Gasteiger partial charge in [0.1, 0.15) is 22.6 Å². The van der Waals surface area contributed by atoms with Crippen molar-refractivity contribution in [2.75, 3.05) is 13.1 Å². The van der Waals surface area contributed by atoms with Crippen LogP contribution >= 0.6 is 0 Å². The molecule has 1 aliphatic heterocycles. The molecule has 2 saturated carbocycles. The second kappa shape index (κ2) is 19.0. The van der Waals surface area contributed by atoms with Gasteiger partial charge in [-0.15, -0.1) is 5.10 Å². The molecule has 2 aliphatic carbocycles. The molecule has 324 valence electrons. The Bertz CT molecular complexity index is 2110. The number of hydrogen-bond donors (Lipinski definition) is 6. The van der Waals surface area contributed by atoms with E-state index in [2.05, 4.69) is 31.6 Å². The van der Waals surface area contributed by atoms with E-state index in [1.54, 1.807) is 26.0 Å². The van der Waals surface area contributed by atoms with Gasteiger partial charge >= 0.3 is 6.03 Å². The number of urea groups is 1. The van der Waals surface area contributed by atoms with E-state index >= 15 is 0 Å². The molecule has 7 N–H and O–H groups in total. The number of likely N-dealkylation sites (tertiary alicyclic amines) is 1. The van der Waals surface area contributed by atoms with Crippen LogP contribution in [0.2, 0.25) is 0 Å². The lowest BCUT2D eigenvalue weighted by Crippen LogP contribution is -2.56. The maximum Gasteiger partial charge on any atom is 0.315 e. The minimum Gasteiger partial charge on any atom is -0.771 e. The summed E-state index contributed by atoms with van der Waals surface area (Å²) in [6.45, 7) is 3.19. The number of carbonyl (C=O) groups excluding carboxylic acids is 6. The number of carbonyl (C=O) groups is 6. The van der Waals surface area contributed by atoms with Crippen LogP contribution in [0.25, 0.3) is 10.8 Å². The third kappa shape index (κ3) is 10.7. The summed E-state index contributed by atoms with van der Waals surface area (Å²) >= 11 is -2.47. The van der Waals surface area contributed by atoms with Crippen LogP contribution in [0.5, 0.6) is 0 Å². The largest absolute Gasteiger partial charge is 0.771 e. The second-order valence-electron chi connectivity index (χ2n) is 16.7. The van der Waals surface area contributed by atoms with Crippen LogP contribution in [0.3, 0.4) is 0 Å². The summed E-state index contributed by atoms with van der Waals surface area (Å²) in [5.41, 5.74) is 4.74. The lowest BCUT2D eigenvalue weighted by Gasteiger charge is -2.32. The van der Waals surface area contributed by atoms with E-state index in [1.807, 2.05) is 30.3 Å². The van der Waals surface area contributed by atoms with E-state index in [4.69, 9.17) is 5.73 Å². The maximum absolute atomic E-state index is 14.9. The quantitative estimate of drug-likeness (QED) is 0.0612. The van der Waals surface area contributed by atoms with Gasteiger partial charge in [-0.1, -0.05) is 67.6 Å². The number of fused-ring (bicyclic) bond motifs is 1. The monoisotopic (exact) mass is 848 g/mol. The molecule has 5 atom stereocenters. The predicted octanol–water partition coefficient (Wildman–Crippen LogP) is 1.95. The Morgan fingerprint density at radius 3 is 2.38 bits per heavy atom. The molecule has 2 aromatic carbocycles. The molecule has 6 rings (SSSR count). The number of benzene rings is 2. The number of aromatic nitrogens is 3. The van der Waals surface area contributed by atoms with Gasteiger partial charge in [0.25, 0.3) is 11.8 Å². The lowest BCUT2D eigenvalue weighted by molar-refractivity contribution is -0.142. The Labute approximate surface area is 350 Å².